The van der Waals surface area contributed by atoms with E-state index in [2.05, 4.69) is 53.4 Å². The zero-order valence-corrected chi connectivity index (χ0v) is 15.5. The van der Waals surface area contributed by atoms with Gasteiger partial charge in [0.05, 0.1) is 6.61 Å². The quantitative estimate of drug-likeness (QED) is 0.657. The number of aliphatic hydroxyl groups excluding tert-OH is 1. The van der Waals surface area contributed by atoms with Gasteiger partial charge in [-0.3, -0.25) is 0 Å². The molecule has 0 fully saturated rings. The molecule has 0 radical (unpaired) electrons. The lowest BCUT2D eigenvalue weighted by Crippen LogP contribution is -2.22. The average Bonchev–Trinajstić information content (AvgIpc) is 3.24. The van der Waals surface area contributed by atoms with E-state index in [4.69, 9.17) is 5.11 Å². The second kappa shape index (κ2) is 8.84. The van der Waals surface area contributed by atoms with Crippen LogP contribution in [0.3, 0.4) is 0 Å². The minimum Gasteiger partial charge on any atom is -0.392 e. The number of hydrogen-bond acceptors (Lipinski definition) is 2. The molecule has 0 amide bonds. The van der Waals surface area contributed by atoms with Gasteiger partial charge in [-0.2, -0.15) is 0 Å². The lowest BCUT2D eigenvalue weighted by Gasteiger charge is -2.14. The standard InChI is InChI=1S/C23H28N2O/c1-3-6-20-19(16-25-22(20)4-2)12-13-24-23-11-9-18-15-17(7-5-14-26)8-10-21(18)23/h3-8,10,15-16,23-26H,2,9,11-14H2,1H3/b6-3-,7-5+. The van der Waals surface area contributed by atoms with E-state index in [-0.39, 0.29) is 6.61 Å². The topological polar surface area (TPSA) is 48.0 Å². The van der Waals surface area contributed by atoms with Crippen LogP contribution in [0.1, 0.15) is 52.9 Å². The summed E-state index contributed by atoms with van der Waals surface area (Å²) in [4.78, 5) is 3.30. The van der Waals surface area contributed by atoms with E-state index >= 15 is 0 Å². The van der Waals surface area contributed by atoms with Gasteiger partial charge in [-0.15, -0.1) is 0 Å². The number of aliphatic hydroxyl groups is 1. The summed E-state index contributed by atoms with van der Waals surface area (Å²) in [7, 11) is 0. The van der Waals surface area contributed by atoms with Crippen LogP contribution in [0.5, 0.6) is 0 Å². The molecule has 1 unspecified atom stereocenters. The summed E-state index contributed by atoms with van der Waals surface area (Å²) in [6, 6.07) is 7.05. The van der Waals surface area contributed by atoms with E-state index in [0.717, 1.165) is 31.5 Å². The van der Waals surface area contributed by atoms with Gasteiger partial charge in [-0.1, -0.05) is 49.1 Å². The molecule has 0 bridgehead atoms. The van der Waals surface area contributed by atoms with E-state index < -0.39 is 0 Å². The van der Waals surface area contributed by atoms with E-state index in [1.54, 1.807) is 6.08 Å². The van der Waals surface area contributed by atoms with Crippen molar-refractivity contribution in [2.45, 2.75) is 32.2 Å². The third kappa shape index (κ3) is 4.06. The fourth-order valence-corrected chi connectivity index (χ4v) is 3.76. The second-order valence-corrected chi connectivity index (χ2v) is 6.68. The molecule has 3 heteroatoms. The summed E-state index contributed by atoms with van der Waals surface area (Å²) < 4.78 is 0. The van der Waals surface area contributed by atoms with Crippen molar-refractivity contribution in [3.8, 4) is 0 Å². The molecule has 0 saturated carbocycles. The Morgan fingerprint density at radius 1 is 1.35 bits per heavy atom. The number of benzene rings is 1. The molecule has 1 atom stereocenters. The molecule has 1 aliphatic carbocycles. The van der Waals surface area contributed by atoms with Crippen molar-refractivity contribution in [1.29, 1.82) is 0 Å². The number of aryl methyl sites for hydroxylation is 1. The van der Waals surface area contributed by atoms with Crippen LogP contribution in [0.2, 0.25) is 0 Å². The Bertz CT molecular complexity index is 814. The molecule has 0 aliphatic heterocycles. The zero-order valence-electron chi connectivity index (χ0n) is 15.5. The molecule has 0 saturated heterocycles. The highest BCUT2D eigenvalue weighted by atomic mass is 16.2. The van der Waals surface area contributed by atoms with Crippen LogP contribution in [0.4, 0.5) is 0 Å². The Hall–Kier alpha value is -2.36. The van der Waals surface area contributed by atoms with Crippen molar-refractivity contribution in [3.05, 3.63) is 76.6 Å². The third-order valence-electron chi connectivity index (χ3n) is 5.02. The summed E-state index contributed by atoms with van der Waals surface area (Å²) in [5.74, 6) is 0. The normalized spacial score (nSPS) is 16.6. The highest BCUT2D eigenvalue weighted by Crippen LogP contribution is 2.32. The molecule has 1 aromatic carbocycles. The molecule has 2 aromatic rings. The van der Waals surface area contributed by atoms with Crippen molar-refractivity contribution in [2.75, 3.05) is 13.2 Å². The number of rotatable bonds is 8. The maximum absolute atomic E-state index is 8.92. The Morgan fingerprint density at radius 3 is 3.00 bits per heavy atom. The third-order valence-corrected chi connectivity index (χ3v) is 5.02. The van der Waals surface area contributed by atoms with Crippen LogP contribution in [-0.2, 0) is 12.8 Å². The fraction of sp³-hybridized carbons (Fsp3) is 0.304. The first kappa shape index (κ1) is 18.4. The first-order chi connectivity index (χ1) is 12.8. The van der Waals surface area contributed by atoms with Gasteiger partial charge in [0.25, 0.3) is 0 Å². The van der Waals surface area contributed by atoms with Gasteiger partial charge >= 0.3 is 0 Å². The lowest BCUT2D eigenvalue weighted by molar-refractivity contribution is 0.343. The number of hydrogen-bond donors (Lipinski definition) is 3. The van der Waals surface area contributed by atoms with Gasteiger partial charge < -0.3 is 15.4 Å². The summed E-state index contributed by atoms with van der Waals surface area (Å²) >= 11 is 0. The first-order valence-corrected chi connectivity index (χ1v) is 9.35. The van der Waals surface area contributed by atoms with Crippen molar-refractivity contribution >= 4 is 18.2 Å². The van der Waals surface area contributed by atoms with E-state index in [1.807, 2.05) is 19.1 Å². The molecule has 1 aromatic heterocycles. The fourth-order valence-electron chi connectivity index (χ4n) is 3.76. The summed E-state index contributed by atoms with van der Waals surface area (Å²) in [6.07, 6.45) is 15.2. The van der Waals surface area contributed by atoms with Crippen LogP contribution >= 0.6 is 0 Å². The van der Waals surface area contributed by atoms with Crippen LogP contribution in [-0.4, -0.2) is 23.2 Å². The van der Waals surface area contributed by atoms with Crippen LogP contribution in [0.25, 0.3) is 18.2 Å². The number of fused-ring (bicyclic) bond motifs is 1. The highest BCUT2D eigenvalue weighted by molar-refractivity contribution is 5.65. The van der Waals surface area contributed by atoms with Crippen LogP contribution in [0, 0.1) is 0 Å². The number of nitrogens with one attached hydrogen (secondary N) is 2. The van der Waals surface area contributed by atoms with E-state index in [9.17, 15) is 0 Å². The van der Waals surface area contributed by atoms with Gasteiger partial charge in [-0.25, -0.2) is 0 Å². The largest absolute Gasteiger partial charge is 0.392 e. The first-order valence-electron chi connectivity index (χ1n) is 9.35. The summed E-state index contributed by atoms with van der Waals surface area (Å²) in [6.45, 7) is 6.96. The van der Waals surface area contributed by atoms with Gasteiger partial charge in [0.15, 0.2) is 0 Å². The van der Waals surface area contributed by atoms with Crippen molar-refractivity contribution < 1.29 is 5.11 Å². The predicted molar refractivity (Wildman–Crippen MR) is 111 cm³/mol. The van der Waals surface area contributed by atoms with Gasteiger partial charge in [0, 0.05) is 23.5 Å². The summed E-state index contributed by atoms with van der Waals surface area (Å²) in [5, 5.41) is 12.6. The Morgan fingerprint density at radius 2 is 2.23 bits per heavy atom. The Kier molecular flexibility index (Phi) is 6.26. The molecule has 1 aliphatic rings. The van der Waals surface area contributed by atoms with Crippen molar-refractivity contribution in [3.63, 3.8) is 0 Å². The van der Waals surface area contributed by atoms with Crippen LogP contribution in [0.15, 0.2) is 43.1 Å². The monoisotopic (exact) mass is 348 g/mol. The zero-order chi connectivity index (χ0) is 18.4. The lowest BCUT2D eigenvalue weighted by atomic mass is 10.0. The smallest absolute Gasteiger partial charge is 0.0615 e. The van der Waals surface area contributed by atoms with E-state index in [1.165, 1.54) is 27.8 Å². The molecule has 26 heavy (non-hydrogen) atoms. The number of aromatic amines is 1. The average molecular weight is 348 g/mol. The molecule has 3 rings (SSSR count). The minimum atomic E-state index is 0.0865. The molecule has 3 N–H and O–H groups in total. The van der Waals surface area contributed by atoms with Crippen LogP contribution < -0.4 is 5.32 Å². The summed E-state index contributed by atoms with van der Waals surface area (Å²) in [5.41, 5.74) is 7.67. The molecular weight excluding hydrogens is 320 g/mol. The molecular formula is C23H28N2O. The highest BCUT2D eigenvalue weighted by Gasteiger charge is 2.21. The molecule has 3 nitrogen and oxygen atoms in total. The van der Waals surface area contributed by atoms with E-state index in [0.29, 0.717) is 6.04 Å². The molecule has 136 valence electrons. The van der Waals surface area contributed by atoms with Gasteiger partial charge in [0.1, 0.15) is 0 Å². The van der Waals surface area contributed by atoms with Crippen molar-refractivity contribution in [2.24, 2.45) is 0 Å². The second-order valence-electron chi connectivity index (χ2n) is 6.68. The number of allylic oxidation sites excluding steroid dienone is 1. The molecule has 1 heterocycles. The Balaban J connectivity index is 1.62. The maximum atomic E-state index is 8.92. The number of aromatic nitrogens is 1. The van der Waals surface area contributed by atoms with Crippen molar-refractivity contribution in [1.82, 2.24) is 10.3 Å². The SMILES string of the molecule is C=Cc1[nH]cc(CCNC2CCc3cc(/C=C/CO)ccc32)c1/C=C\C. The predicted octanol–water partition coefficient (Wildman–Crippen LogP) is 4.52. The number of H-pyrrole nitrogens is 1. The maximum Gasteiger partial charge on any atom is 0.0615 e. The van der Waals surface area contributed by atoms with Gasteiger partial charge in [0.2, 0.25) is 0 Å². The Labute approximate surface area is 156 Å². The molecule has 0 spiro atoms. The minimum absolute atomic E-state index is 0.0865. The van der Waals surface area contributed by atoms with Gasteiger partial charge in [-0.05, 0) is 61.1 Å².